The molecular formula is C48H34N4. The van der Waals surface area contributed by atoms with Crippen LogP contribution in [0.3, 0.4) is 0 Å². The third-order valence-electron chi connectivity index (χ3n) is 10.7. The van der Waals surface area contributed by atoms with Crippen LogP contribution in [-0.4, -0.2) is 19.5 Å². The van der Waals surface area contributed by atoms with E-state index in [0.717, 1.165) is 32.9 Å². The van der Waals surface area contributed by atoms with Crippen LogP contribution in [0.1, 0.15) is 33.4 Å². The van der Waals surface area contributed by atoms with Crippen molar-refractivity contribution in [3.63, 3.8) is 0 Å². The molecule has 4 heteroatoms. The minimum Gasteiger partial charge on any atom is -0.278 e. The van der Waals surface area contributed by atoms with Crippen molar-refractivity contribution in [1.29, 1.82) is 0 Å². The van der Waals surface area contributed by atoms with Crippen molar-refractivity contribution in [2.45, 2.75) is 19.3 Å². The average Bonchev–Trinajstić information content (AvgIpc) is 3.68. The lowest BCUT2D eigenvalue weighted by Crippen LogP contribution is -2.28. The van der Waals surface area contributed by atoms with Crippen LogP contribution in [0, 0.1) is 13.8 Å². The van der Waals surface area contributed by atoms with Gasteiger partial charge in [-0.15, -0.1) is 0 Å². The molecule has 2 aromatic heterocycles. The molecule has 7 aromatic carbocycles. The van der Waals surface area contributed by atoms with Gasteiger partial charge >= 0.3 is 0 Å². The van der Waals surface area contributed by atoms with Crippen LogP contribution < -0.4 is 0 Å². The smallest absolute Gasteiger partial charge is 0.238 e. The number of hydrogen-bond donors (Lipinski definition) is 0. The molecule has 52 heavy (non-hydrogen) atoms. The number of hydrogen-bond acceptors (Lipinski definition) is 3. The van der Waals surface area contributed by atoms with Crippen molar-refractivity contribution in [2.24, 2.45) is 0 Å². The first kappa shape index (κ1) is 30.2. The SMILES string of the molecule is Cc1ccc(C2(c3ccc(C)cc3)c3ccccc3-c3cc4c(cc32)c2ccccc2n4-c2nc(-c3ccccc3)nc(-c3ccccc3)n2)cc1. The quantitative estimate of drug-likeness (QED) is 0.184. The van der Waals surface area contributed by atoms with Crippen LogP contribution in [0.4, 0.5) is 0 Å². The van der Waals surface area contributed by atoms with Crippen molar-refractivity contribution in [2.75, 3.05) is 0 Å². The van der Waals surface area contributed by atoms with Crippen molar-refractivity contribution >= 4 is 21.8 Å². The summed E-state index contributed by atoms with van der Waals surface area (Å²) in [5, 5.41) is 2.31. The summed E-state index contributed by atoms with van der Waals surface area (Å²) in [5.41, 5.74) is 13.5. The van der Waals surface area contributed by atoms with Crippen molar-refractivity contribution in [3.05, 3.63) is 203 Å². The Bertz CT molecular complexity index is 2680. The minimum atomic E-state index is -0.501. The first-order chi connectivity index (χ1) is 25.6. The zero-order valence-electron chi connectivity index (χ0n) is 29.0. The lowest BCUT2D eigenvalue weighted by molar-refractivity contribution is 0.768. The Morgan fingerprint density at radius 3 is 1.58 bits per heavy atom. The molecule has 10 rings (SSSR count). The maximum atomic E-state index is 5.19. The highest BCUT2D eigenvalue weighted by atomic mass is 15.2. The van der Waals surface area contributed by atoms with E-state index in [4.69, 9.17) is 15.0 Å². The average molecular weight is 667 g/mol. The molecule has 0 aliphatic heterocycles. The Morgan fingerprint density at radius 1 is 0.423 bits per heavy atom. The normalized spacial score (nSPS) is 13.0. The molecule has 0 fully saturated rings. The molecule has 4 nitrogen and oxygen atoms in total. The number of para-hydroxylation sites is 1. The summed E-state index contributed by atoms with van der Waals surface area (Å²) in [7, 11) is 0. The highest BCUT2D eigenvalue weighted by Gasteiger charge is 2.46. The number of nitrogens with zero attached hydrogens (tertiary/aromatic N) is 4. The fraction of sp³-hybridized carbons (Fsp3) is 0.0625. The molecule has 0 saturated carbocycles. The second kappa shape index (κ2) is 11.7. The molecule has 0 unspecified atom stereocenters. The van der Waals surface area contributed by atoms with Crippen LogP contribution in [0.25, 0.3) is 61.7 Å². The van der Waals surface area contributed by atoms with E-state index in [0.29, 0.717) is 17.6 Å². The molecule has 0 amide bonds. The Labute approximate surface area is 302 Å². The van der Waals surface area contributed by atoms with Crippen LogP contribution in [0.5, 0.6) is 0 Å². The fourth-order valence-electron chi connectivity index (χ4n) is 8.25. The van der Waals surface area contributed by atoms with Gasteiger partial charge in [0.05, 0.1) is 16.4 Å². The molecule has 1 aliphatic rings. The third-order valence-corrected chi connectivity index (χ3v) is 10.7. The number of aryl methyl sites for hydroxylation is 2. The largest absolute Gasteiger partial charge is 0.278 e. The van der Waals surface area contributed by atoms with E-state index in [-0.39, 0.29) is 0 Å². The lowest BCUT2D eigenvalue weighted by Gasteiger charge is -2.34. The van der Waals surface area contributed by atoms with Gasteiger partial charge in [-0.25, -0.2) is 4.98 Å². The second-order valence-electron chi connectivity index (χ2n) is 13.8. The molecule has 0 atom stereocenters. The molecule has 2 heterocycles. The van der Waals surface area contributed by atoms with Crippen molar-refractivity contribution < 1.29 is 0 Å². The van der Waals surface area contributed by atoms with Crippen molar-refractivity contribution in [3.8, 4) is 39.9 Å². The van der Waals surface area contributed by atoms with Crippen LogP contribution in [-0.2, 0) is 5.41 Å². The van der Waals surface area contributed by atoms with Crippen molar-refractivity contribution in [1.82, 2.24) is 19.5 Å². The minimum absolute atomic E-state index is 0.501. The van der Waals surface area contributed by atoms with Gasteiger partial charge in [-0.3, -0.25) is 4.57 Å². The van der Waals surface area contributed by atoms with Gasteiger partial charge in [0.2, 0.25) is 5.95 Å². The van der Waals surface area contributed by atoms with Crippen LogP contribution in [0.2, 0.25) is 0 Å². The molecule has 0 spiro atoms. The van der Waals surface area contributed by atoms with Gasteiger partial charge in [0.15, 0.2) is 11.6 Å². The monoisotopic (exact) mass is 666 g/mol. The standard InChI is InChI=1S/C48H34N4/c1-31-21-25-35(26-22-31)48(36-27-23-32(2)24-28-36)41-19-11-9-17-37(41)39-30-44-40(29-42(39)48)38-18-10-12-20-43(38)52(44)47-50-45(33-13-5-3-6-14-33)49-46(51-47)34-15-7-4-8-16-34/h3-30H,1-2H3. The zero-order chi connectivity index (χ0) is 34.8. The van der Waals surface area contributed by atoms with Gasteiger partial charge < -0.3 is 0 Å². The Hall–Kier alpha value is -6.65. The van der Waals surface area contributed by atoms with Gasteiger partial charge in [0, 0.05) is 21.9 Å². The molecule has 1 aliphatic carbocycles. The maximum Gasteiger partial charge on any atom is 0.238 e. The van der Waals surface area contributed by atoms with E-state index in [1.165, 1.54) is 44.5 Å². The first-order valence-electron chi connectivity index (χ1n) is 17.8. The second-order valence-corrected chi connectivity index (χ2v) is 13.8. The highest BCUT2D eigenvalue weighted by Crippen LogP contribution is 2.57. The number of benzene rings is 7. The van der Waals surface area contributed by atoms with E-state index >= 15 is 0 Å². The molecule has 246 valence electrons. The summed E-state index contributed by atoms with van der Waals surface area (Å²) in [6, 6.07) is 61.0. The Morgan fingerprint density at radius 2 is 0.962 bits per heavy atom. The van der Waals surface area contributed by atoms with Gasteiger partial charge in [-0.05, 0) is 65.4 Å². The maximum absolute atomic E-state index is 5.19. The van der Waals surface area contributed by atoms with Gasteiger partial charge in [0.25, 0.3) is 0 Å². The predicted octanol–water partition coefficient (Wildman–Crippen LogP) is 11.3. The summed E-state index contributed by atoms with van der Waals surface area (Å²) < 4.78 is 2.23. The van der Waals surface area contributed by atoms with Gasteiger partial charge in [-0.1, -0.05) is 163 Å². The predicted molar refractivity (Wildman–Crippen MR) is 212 cm³/mol. The summed E-state index contributed by atoms with van der Waals surface area (Å²) in [4.78, 5) is 15.4. The summed E-state index contributed by atoms with van der Waals surface area (Å²) in [5.74, 6) is 1.87. The highest BCUT2D eigenvalue weighted by molar-refractivity contribution is 6.11. The van der Waals surface area contributed by atoms with Crippen LogP contribution in [0.15, 0.2) is 170 Å². The van der Waals surface area contributed by atoms with E-state index in [1.807, 2.05) is 36.4 Å². The lowest BCUT2D eigenvalue weighted by atomic mass is 9.67. The fourth-order valence-corrected chi connectivity index (χ4v) is 8.25. The Kier molecular flexibility index (Phi) is 6.80. The number of aromatic nitrogens is 4. The Balaban J connectivity index is 1.31. The third kappa shape index (κ3) is 4.51. The summed E-state index contributed by atoms with van der Waals surface area (Å²) in [6.45, 7) is 4.32. The topological polar surface area (TPSA) is 43.6 Å². The summed E-state index contributed by atoms with van der Waals surface area (Å²) in [6.07, 6.45) is 0. The number of fused-ring (bicyclic) bond motifs is 6. The van der Waals surface area contributed by atoms with E-state index < -0.39 is 5.41 Å². The van der Waals surface area contributed by atoms with Gasteiger partial charge in [0.1, 0.15) is 0 Å². The van der Waals surface area contributed by atoms with E-state index in [2.05, 4.69) is 152 Å². The van der Waals surface area contributed by atoms with E-state index in [9.17, 15) is 0 Å². The number of rotatable bonds is 5. The molecule has 0 bridgehead atoms. The molecule has 9 aromatic rings. The van der Waals surface area contributed by atoms with Crippen LogP contribution >= 0.6 is 0 Å². The molecule has 0 radical (unpaired) electrons. The first-order valence-corrected chi connectivity index (χ1v) is 17.8. The van der Waals surface area contributed by atoms with E-state index in [1.54, 1.807) is 0 Å². The molecule has 0 N–H and O–H groups in total. The van der Waals surface area contributed by atoms with Gasteiger partial charge in [-0.2, -0.15) is 9.97 Å². The summed E-state index contributed by atoms with van der Waals surface area (Å²) >= 11 is 0. The zero-order valence-corrected chi connectivity index (χ0v) is 29.0. The molecule has 0 saturated heterocycles. The molecular weight excluding hydrogens is 633 g/mol.